The molecule has 1 amide bonds. The van der Waals surface area contributed by atoms with Gasteiger partial charge in [-0.25, -0.2) is 4.98 Å². The van der Waals surface area contributed by atoms with Gasteiger partial charge in [0.25, 0.3) is 5.91 Å². The predicted molar refractivity (Wildman–Crippen MR) is 88.9 cm³/mol. The first-order valence-corrected chi connectivity index (χ1v) is 8.11. The van der Waals surface area contributed by atoms with Crippen LogP contribution in [-0.4, -0.2) is 22.0 Å². The Balaban J connectivity index is 1.53. The topological polar surface area (TPSA) is 46.9 Å². The van der Waals surface area contributed by atoms with Gasteiger partial charge < -0.3 is 9.88 Å². The van der Waals surface area contributed by atoms with Gasteiger partial charge in [0.2, 0.25) is 0 Å². The van der Waals surface area contributed by atoms with Gasteiger partial charge in [0.05, 0.1) is 4.88 Å². The summed E-state index contributed by atoms with van der Waals surface area (Å²) in [5, 5.41) is 4.85. The lowest BCUT2D eigenvalue weighted by Gasteiger charge is -2.08. The molecule has 112 valence electrons. The molecule has 0 spiro atoms. The summed E-state index contributed by atoms with van der Waals surface area (Å²) in [6.07, 6.45) is 4.66. The smallest absolute Gasteiger partial charge is 0.261 e. The summed E-state index contributed by atoms with van der Waals surface area (Å²) in [4.78, 5) is 17.0. The maximum atomic E-state index is 11.8. The van der Waals surface area contributed by atoms with E-state index in [1.165, 1.54) is 11.3 Å². The van der Waals surface area contributed by atoms with Crippen LogP contribution in [-0.2, 0) is 6.54 Å². The lowest BCUT2D eigenvalue weighted by molar-refractivity contribution is 0.0957. The van der Waals surface area contributed by atoms with Gasteiger partial charge in [0.15, 0.2) is 0 Å². The van der Waals surface area contributed by atoms with E-state index in [9.17, 15) is 4.79 Å². The Hall–Kier alpha value is -2.40. The molecule has 0 aliphatic rings. The van der Waals surface area contributed by atoms with Crippen LogP contribution in [0.2, 0.25) is 0 Å². The van der Waals surface area contributed by atoms with Crippen LogP contribution in [0.15, 0.2) is 60.2 Å². The van der Waals surface area contributed by atoms with Crippen molar-refractivity contribution in [2.45, 2.75) is 13.0 Å². The van der Waals surface area contributed by atoms with Gasteiger partial charge in [-0.1, -0.05) is 36.4 Å². The molecule has 0 aliphatic carbocycles. The highest BCUT2D eigenvalue weighted by molar-refractivity contribution is 7.12. The van der Waals surface area contributed by atoms with Crippen molar-refractivity contribution >= 4 is 17.2 Å². The molecular weight excluding hydrogens is 294 g/mol. The summed E-state index contributed by atoms with van der Waals surface area (Å²) in [5.74, 6) is 0.967. The normalized spacial score (nSPS) is 10.5. The second-order valence-corrected chi connectivity index (χ2v) is 5.84. The summed E-state index contributed by atoms with van der Waals surface area (Å²) in [6, 6.07) is 13.8. The van der Waals surface area contributed by atoms with Crippen molar-refractivity contribution in [3.8, 4) is 11.4 Å². The number of rotatable bonds is 6. The van der Waals surface area contributed by atoms with E-state index in [-0.39, 0.29) is 5.91 Å². The molecule has 2 heterocycles. The Morgan fingerprint density at radius 1 is 1.18 bits per heavy atom. The van der Waals surface area contributed by atoms with Crippen molar-refractivity contribution in [1.82, 2.24) is 14.9 Å². The molecule has 1 N–H and O–H groups in total. The second-order valence-electron chi connectivity index (χ2n) is 4.90. The monoisotopic (exact) mass is 311 g/mol. The molecule has 22 heavy (non-hydrogen) atoms. The van der Waals surface area contributed by atoms with E-state index in [0.717, 1.165) is 29.2 Å². The molecule has 0 saturated heterocycles. The number of aromatic nitrogens is 2. The standard InChI is InChI=1S/C17H17N3OS/c21-17(15-8-4-13-22-15)19-9-5-11-20-12-10-18-16(20)14-6-2-1-3-7-14/h1-4,6-8,10,12-13H,5,9,11H2,(H,19,21). The summed E-state index contributed by atoms with van der Waals surface area (Å²) in [7, 11) is 0. The number of imidazole rings is 1. The van der Waals surface area contributed by atoms with Gasteiger partial charge in [0.1, 0.15) is 5.82 Å². The number of nitrogens with zero attached hydrogens (tertiary/aromatic N) is 2. The third-order valence-corrected chi connectivity index (χ3v) is 4.22. The lowest BCUT2D eigenvalue weighted by Crippen LogP contribution is -2.24. The molecule has 5 heteroatoms. The maximum absolute atomic E-state index is 11.8. The number of amides is 1. The fourth-order valence-corrected chi connectivity index (χ4v) is 2.92. The first kappa shape index (κ1) is 14.5. The van der Waals surface area contributed by atoms with Crippen molar-refractivity contribution in [1.29, 1.82) is 0 Å². The van der Waals surface area contributed by atoms with Gasteiger partial charge in [-0.15, -0.1) is 11.3 Å². The third-order valence-electron chi connectivity index (χ3n) is 3.35. The number of hydrogen-bond acceptors (Lipinski definition) is 3. The quantitative estimate of drug-likeness (QED) is 0.709. The van der Waals surface area contributed by atoms with Crippen molar-refractivity contribution in [3.05, 3.63) is 65.1 Å². The molecule has 0 unspecified atom stereocenters. The van der Waals surface area contributed by atoms with Crippen LogP contribution in [0.5, 0.6) is 0 Å². The van der Waals surface area contributed by atoms with Crippen molar-refractivity contribution in [2.75, 3.05) is 6.54 Å². The van der Waals surface area contributed by atoms with Crippen molar-refractivity contribution in [3.63, 3.8) is 0 Å². The number of carbonyl (C=O) groups excluding carboxylic acids is 1. The molecule has 1 aromatic carbocycles. The fourth-order valence-electron chi connectivity index (χ4n) is 2.28. The van der Waals surface area contributed by atoms with E-state index in [1.807, 2.05) is 48.1 Å². The van der Waals surface area contributed by atoms with Crippen LogP contribution in [0.3, 0.4) is 0 Å². The van der Waals surface area contributed by atoms with E-state index >= 15 is 0 Å². The highest BCUT2D eigenvalue weighted by Crippen LogP contribution is 2.16. The number of nitrogens with one attached hydrogen (secondary N) is 1. The van der Waals surface area contributed by atoms with E-state index in [2.05, 4.69) is 27.0 Å². The number of aryl methyl sites for hydroxylation is 1. The molecule has 0 radical (unpaired) electrons. The number of thiophene rings is 1. The zero-order valence-electron chi connectivity index (χ0n) is 12.1. The number of benzene rings is 1. The van der Waals surface area contributed by atoms with Crippen LogP contribution >= 0.6 is 11.3 Å². The molecular formula is C17H17N3OS. The molecule has 0 saturated carbocycles. The van der Waals surface area contributed by atoms with Crippen molar-refractivity contribution < 1.29 is 4.79 Å². The second kappa shape index (κ2) is 7.04. The van der Waals surface area contributed by atoms with Gasteiger partial charge in [-0.3, -0.25) is 4.79 Å². The minimum absolute atomic E-state index is 0.00362. The molecule has 3 aromatic rings. The summed E-state index contributed by atoms with van der Waals surface area (Å²) in [5.41, 5.74) is 1.11. The Labute approximate surface area is 133 Å². The fraction of sp³-hybridized carbons (Fsp3) is 0.176. The average Bonchev–Trinajstić information content (AvgIpc) is 3.23. The number of carbonyl (C=O) groups is 1. The van der Waals surface area contributed by atoms with Crippen LogP contribution < -0.4 is 5.32 Å². The molecule has 0 aliphatic heterocycles. The van der Waals surface area contributed by atoms with Crippen LogP contribution in [0.1, 0.15) is 16.1 Å². The summed E-state index contributed by atoms with van der Waals surface area (Å²) >= 11 is 1.46. The first-order chi connectivity index (χ1) is 10.8. The van der Waals surface area contributed by atoms with E-state index in [4.69, 9.17) is 0 Å². The van der Waals surface area contributed by atoms with Gasteiger partial charge in [-0.2, -0.15) is 0 Å². The third kappa shape index (κ3) is 3.43. The van der Waals surface area contributed by atoms with Gasteiger partial charge in [-0.05, 0) is 17.9 Å². The Bertz CT molecular complexity index is 719. The van der Waals surface area contributed by atoms with E-state index < -0.39 is 0 Å². The SMILES string of the molecule is O=C(NCCCn1ccnc1-c1ccccc1)c1cccs1. The Kier molecular flexibility index (Phi) is 4.65. The van der Waals surface area contributed by atoms with Gasteiger partial charge in [0, 0.05) is 31.0 Å². The molecule has 3 rings (SSSR count). The van der Waals surface area contributed by atoms with Crippen LogP contribution in [0.4, 0.5) is 0 Å². The highest BCUT2D eigenvalue weighted by atomic mass is 32.1. The average molecular weight is 311 g/mol. The Morgan fingerprint density at radius 2 is 2.05 bits per heavy atom. The molecule has 0 atom stereocenters. The lowest BCUT2D eigenvalue weighted by atomic mass is 10.2. The van der Waals surface area contributed by atoms with E-state index in [1.54, 1.807) is 0 Å². The summed E-state index contributed by atoms with van der Waals surface area (Å²) in [6.45, 7) is 1.48. The largest absolute Gasteiger partial charge is 0.351 e. The Morgan fingerprint density at radius 3 is 2.82 bits per heavy atom. The van der Waals surface area contributed by atoms with Crippen molar-refractivity contribution in [2.24, 2.45) is 0 Å². The van der Waals surface area contributed by atoms with E-state index in [0.29, 0.717) is 6.54 Å². The summed E-state index contributed by atoms with van der Waals surface area (Å²) < 4.78 is 2.12. The van der Waals surface area contributed by atoms with Crippen LogP contribution in [0, 0.1) is 0 Å². The maximum Gasteiger partial charge on any atom is 0.261 e. The predicted octanol–water partition coefficient (Wildman–Crippen LogP) is 3.43. The molecule has 0 bridgehead atoms. The zero-order valence-corrected chi connectivity index (χ0v) is 12.9. The number of hydrogen-bond donors (Lipinski definition) is 1. The van der Waals surface area contributed by atoms with Gasteiger partial charge >= 0.3 is 0 Å². The zero-order chi connectivity index (χ0) is 15.2. The van der Waals surface area contributed by atoms with Crippen LogP contribution in [0.25, 0.3) is 11.4 Å². The molecule has 2 aromatic heterocycles. The highest BCUT2D eigenvalue weighted by Gasteiger charge is 2.07. The first-order valence-electron chi connectivity index (χ1n) is 7.23. The minimum atomic E-state index is 0.00362. The molecule has 0 fully saturated rings. The molecule has 4 nitrogen and oxygen atoms in total. The minimum Gasteiger partial charge on any atom is -0.351 e.